The van der Waals surface area contributed by atoms with E-state index in [2.05, 4.69) is 15.9 Å². The summed E-state index contributed by atoms with van der Waals surface area (Å²) in [6, 6.07) is 23.2. The van der Waals surface area contributed by atoms with E-state index in [0.717, 1.165) is 15.4 Å². The van der Waals surface area contributed by atoms with Crippen molar-refractivity contribution in [2.24, 2.45) is 0 Å². The highest BCUT2D eigenvalue weighted by Gasteiger charge is 2.44. The van der Waals surface area contributed by atoms with E-state index in [0.29, 0.717) is 43.1 Å². The van der Waals surface area contributed by atoms with Crippen molar-refractivity contribution in [1.29, 1.82) is 0 Å². The number of methoxy groups -OCH3 is 1. The summed E-state index contributed by atoms with van der Waals surface area (Å²) in [6.07, 6.45) is 0.538. The standard InChI is InChI=1S/C30H26BrNO6/c1-36-14-6-13-32-27(20-9-5-10-23(16-20)37-18-19-7-3-2-4-8-19)26(29(34)30(32)35)28(33)25-17-21-15-22(31)11-12-24(21)38-25/h2-5,7-12,15-17,27,34H,6,13-14,18H2,1H3. The summed E-state index contributed by atoms with van der Waals surface area (Å²) in [7, 11) is 1.58. The molecule has 1 amide bonds. The molecule has 5 rings (SSSR count). The molecular formula is C30H26BrNO6. The van der Waals surface area contributed by atoms with Crippen LogP contribution in [0.4, 0.5) is 0 Å². The number of ether oxygens (including phenoxy) is 2. The Morgan fingerprint density at radius 3 is 2.66 bits per heavy atom. The highest BCUT2D eigenvalue weighted by Crippen LogP contribution is 2.40. The van der Waals surface area contributed by atoms with Gasteiger partial charge in [-0.15, -0.1) is 0 Å². The summed E-state index contributed by atoms with van der Waals surface area (Å²) in [4.78, 5) is 28.5. The highest BCUT2D eigenvalue weighted by molar-refractivity contribution is 9.10. The summed E-state index contributed by atoms with van der Waals surface area (Å²) in [5.41, 5.74) is 2.17. The third kappa shape index (κ3) is 5.23. The van der Waals surface area contributed by atoms with Gasteiger partial charge in [-0.1, -0.05) is 58.4 Å². The lowest BCUT2D eigenvalue weighted by Gasteiger charge is -2.27. The van der Waals surface area contributed by atoms with Crippen molar-refractivity contribution >= 4 is 38.6 Å². The normalized spacial score (nSPS) is 15.5. The molecule has 1 aromatic heterocycles. The third-order valence-electron chi connectivity index (χ3n) is 6.42. The second-order valence-corrected chi connectivity index (χ2v) is 9.89. The zero-order valence-electron chi connectivity index (χ0n) is 20.7. The molecular weight excluding hydrogens is 550 g/mol. The molecule has 0 radical (unpaired) electrons. The van der Waals surface area contributed by atoms with Gasteiger partial charge in [0.2, 0.25) is 5.78 Å². The first-order chi connectivity index (χ1) is 18.5. The Morgan fingerprint density at radius 1 is 1.05 bits per heavy atom. The molecule has 1 unspecified atom stereocenters. The molecule has 194 valence electrons. The summed E-state index contributed by atoms with van der Waals surface area (Å²) in [6.45, 7) is 1.09. The minimum Gasteiger partial charge on any atom is -0.503 e. The van der Waals surface area contributed by atoms with Gasteiger partial charge in [-0.3, -0.25) is 9.59 Å². The first kappa shape index (κ1) is 25.8. The molecule has 4 aromatic rings. The molecule has 1 aliphatic heterocycles. The Labute approximate surface area is 228 Å². The van der Waals surface area contributed by atoms with E-state index >= 15 is 0 Å². The van der Waals surface area contributed by atoms with E-state index in [9.17, 15) is 14.7 Å². The van der Waals surface area contributed by atoms with Crippen LogP contribution in [0.1, 0.15) is 34.1 Å². The molecule has 0 saturated heterocycles. The van der Waals surface area contributed by atoms with Gasteiger partial charge in [0.25, 0.3) is 5.91 Å². The third-order valence-corrected chi connectivity index (χ3v) is 6.91. The number of fused-ring (bicyclic) bond motifs is 1. The van der Waals surface area contributed by atoms with Crippen LogP contribution < -0.4 is 4.74 Å². The van der Waals surface area contributed by atoms with E-state index in [1.807, 2.05) is 60.7 Å². The molecule has 0 saturated carbocycles. The predicted molar refractivity (Wildman–Crippen MR) is 146 cm³/mol. The Bertz CT molecular complexity index is 1510. The largest absolute Gasteiger partial charge is 0.503 e. The first-order valence-corrected chi connectivity index (χ1v) is 13.0. The van der Waals surface area contributed by atoms with Gasteiger partial charge < -0.3 is 23.9 Å². The van der Waals surface area contributed by atoms with Crippen molar-refractivity contribution in [3.8, 4) is 5.75 Å². The van der Waals surface area contributed by atoms with Crippen LogP contribution in [0.15, 0.2) is 99.1 Å². The quantitative estimate of drug-likeness (QED) is 0.174. The summed E-state index contributed by atoms with van der Waals surface area (Å²) in [5.74, 6) is -1.09. The van der Waals surface area contributed by atoms with Crippen molar-refractivity contribution in [3.05, 3.63) is 112 Å². The topological polar surface area (TPSA) is 89.2 Å². The molecule has 3 aromatic carbocycles. The van der Waals surface area contributed by atoms with Gasteiger partial charge in [-0.2, -0.15) is 0 Å². The van der Waals surface area contributed by atoms with Crippen molar-refractivity contribution < 1.29 is 28.6 Å². The zero-order valence-corrected chi connectivity index (χ0v) is 22.3. The maximum absolute atomic E-state index is 13.8. The van der Waals surface area contributed by atoms with Crippen molar-refractivity contribution in [2.75, 3.05) is 20.3 Å². The molecule has 7 nitrogen and oxygen atoms in total. The van der Waals surface area contributed by atoms with E-state index in [1.165, 1.54) is 4.90 Å². The van der Waals surface area contributed by atoms with Crippen molar-refractivity contribution in [3.63, 3.8) is 0 Å². The molecule has 0 aliphatic carbocycles. The number of nitrogens with zero attached hydrogens (tertiary/aromatic N) is 1. The number of hydrogen-bond acceptors (Lipinski definition) is 6. The molecule has 0 bridgehead atoms. The van der Waals surface area contributed by atoms with Gasteiger partial charge in [-0.05, 0) is 53.9 Å². The number of carbonyl (C=O) groups is 2. The van der Waals surface area contributed by atoms with Gasteiger partial charge in [0.05, 0.1) is 11.6 Å². The number of aliphatic hydroxyl groups is 1. The van der Waals surface area contributed by atoms with Crippen LogP contribution in [0.3, 0.4) is 0 Å². The lowest BCUT2D eigenvalue weighted by atomic mass is 9.94. The number of benzene rings is 3. The van der Waals surface area contributed by atoms with Gasteiger partial charge >= 0.3 is 0 Å². The van der Waals surface area contributed by atoms with E-state index in [-0.39, 0.29) is 11.3 Å². The van der Waals surface area contributed by atoms with E-state index in [1.54, 1.807) is 25.3 Å². The fraction of sp³-hybridized carbons (Fsp3) is 0.200. The van der Waals surface area contributed by atoms with Gasteiger partial charge in [0, 0.05) is 30.1 Å². The van der Waals surface area contributed by atoms with Crippen LogP contribution in [0.25, 0.3) is 11.0 Å². The maximum atomic E-state index is 13.8. The lowest BCUT2D eigenvalue weighted by Crippen LogP contribution is -2.32. The molecule has 2 heterocycles. The monoisotopic (exact) mass is 575 g/mol. The second-order valence-electron chi connectivity index (χ2n) is 8.98. The minimum absolute atomic E-state index is 0.0225. The van der Waals surface area contributed by atoms with Crippen molar-refractivity contribution in [2.45, 2.75) is 19.1 Å². The van der Waals surface area contributed by atoms with E-state index < -0.39 is 23.5 Å². The average Bonchev–Trinajstić information content (AvgIpc) is 3.46. The summed E-state index contributed by atoms with van der Waals surface area (Å²) < 4.78 is 17.8. The Balaban J connectivity index is 1.50. The molecule has 1 N–H and O–H groups in total. The average molecular weight is 576 g/mol. The van der Waals surface area contributed by atoms with Crippen molar-refractivity contribution in [1.82, 2.24) is 4.90 Å². The van der Waals surface area contributed by atoms with Crippen LogP contribution in [-0.2, 0) is 16.1 Å². The highest BCUT2D eigenvalue weighted by atomic mass is 79.9. The predicted octanol–water partition coefficient (Wildman–Crippen LogP) is 6.39. The van der Waals surface area contributed by atoms with Crippen LogP contribution >= 0.6 is 15.9 Å². The Hall–Kier alpha value is -3.88. The molecule has 1 aliphatic rings. The summed E-state index contributed by atoms with van der Waals surface area (Å²) >= 11 is 3.43. The minimum atomic E-state index is -0.813. The number of ketones is 1. The number of aliphatic hydroxyl groups excluding tert-OH is 1. The van der Waals surface area contributed by atoms with Gasteiger partial charge in [0.15, 0.2) is 11.5 Å². The Kier molecular flexibility index (Phi) is 7.62. The number of furan rings is 1. The molecule has 0 fully saturated rings. The summed E-state index contributed by atoms with van der Waals surface area (Å²) in [5, 5.41) is 11.7. The SMILES string of the molecule is COCCCN1C(=O)C(O)=C(C(=O)c2cc3cc(Br)ccc3o2)C1c1cccc(OCc2ccccc2)c1. The maximum Gasteiger partial charge on any atom is 0.290 e. The van der Waals surface area contributed by atoms with Crippen LogP contribution in [0, 0.1) is 0 Å². The van der Waals surface area contributed by atoms with Crippen LogP contribution in [0.2, 0.25) is 0 Å². The van der Waals surface area contributed by atoms with Crippen LogP contribution in [0.5, 0.6) is 5.75 Å². The Morgan fingerprint density at radius 2 is 1.87 bits per heavy atom. The van der Waals surface area contributed by atoms with Gasteiger partial charge in [0.1, 0.15) is 17.9 Å². The van der Waals surface area contributed by atoms with E-state index in [4.69, 9.17) is 13.9 Å². The lowest BCUT2D eigenvalue weighted by molar-refractivity contribution is -0.129. The smallest absolute Gasteiger partial charge is 0.290 e. The molecule has 8 heteroatoms. The van der Waals surface area contributed by atoms with Crippen LogP contribution in [-0.4, -0.2) is 42.0 Å². The zero-order chi connectivity index (χ0) is 26.6. The number of halogens is 1. The molecule has 1 atom stereocenters. The second kappa shape index (κ2) is 11.2. The number of Topliss-reactive ketones (excluding diaryl/α,β-unsaturated/α-hetero) is 1. The first-order valence-electron chi connectivity index (χ1n) is 12.2. The fourth-order valence-electron chi connectivity index (χ4n) is 4.62. The fourth-order valence-corrected chi connectivity index (χ4v) is 4.99. The number of rotatable bonds is 10. The molecule has 0 spiro atoms. The molecule has 38 heavy (non-hydrogen) atoms. The van der Waals surface area contributed by atoms with Gasteiger partial charge in [-0.25, -0.2) is 0 Å². The number of carbonyl (C=O) groups excluding carboxylic acids is 2. The number of hydrogen-bond donors (Lipinski definition) is 1. The number of amides is 1.